The first-order valence-corrected chi connectivity index (χ1v) is 6.48. The minimum absolute atomic E-state index is 0.0152. The summed E-state index contributed by atoms with van der Waals surface area (Å²) >= 11 is 0. The average molecular weight is 239 g/mol. The lowest BCUT2D eigenvalue weighted by atomic mass is 10.1. The van der Waals surface area contributed by atoms with Gasteiger partial charge in [-0.1, -0.05) is 26.2 Å². The van der Waals surface area contributed by atoms with Crippen molar-refractivity contribution >= 4 is 0 Å². The Balaban J connectivity index is 2.81. The maximum Gasteiger partial charge on any atom is 0.161 e. The molecule has 0 amide bonds. The summed E-state index contributed by atoms with van der Waals surface area (Å²) in [6.07, 6.45) is 6.35. The van der Waals surface area contributed by atoms with Gasteiger partial charge in [-0.05, 0) is 20.3 Å². The smallest absolute Gasteiger partial charge is 0.161 e. The van der Waals surface area contributed by atoms with Gasteiger partial charge in [-0.15, -0.1) is 0 Å². The van der Waals surface area contributed by atoms with Gasteiger partial charge < -0.3 is 10.5 Å². The van der Waals surface area contributed by atoms with E-state index >= 15 is 0 Å². The topological polar surface area (TPSA) is 53.1 Å². The third-order valence-corrected chi connectivity index (χ3v) is 2.98. The van der Waals surface area contributed by atoms with Gasteiger partial charge in [-0.2, -0.15) is 5.10 Å². The predicted octanol–water partition coefficient (Wildman–Crippen LogP) is 3.05. The molecular weight excluding hydrogens is 214 g/mol. The maximum atomic E-state index is 6.25. The number of hydrogen-bond acceptors (Lipinski definition) is 3. The van der Waals surface area contributed by atoms with Crippen molar-refractivity contribution in [1.29, 1.82) is 0 Å². The molecule has 4 nitrogen and oxygen atoms in total. The molecule has 1 unspecified atom stereocenters. The summed E-state index contributed by atoms with van der Waals surface area (Å²) in [6.45, 7) is 6.41. The van der Waals surface area contributed by atoms with Crippen LogP contribution in [0, 0.1) is 0 Å². The molecule has 1 aromatic rings. The molecular formula is C13H25N3O. The van der Waals surface area contributed by atoms with E-state index < -0.39 is 0 Å². The Bertz CT molecular complexity index is 333. The average Bonchev–Trinajstić information content (AvgIpc) is 2.72. The molecule has 0 fully saturated rings. The number of aromatic nitrogens is 2. The quantitative estimate of drug-likeness (QED) is 0.744. The van der Waals surface area contributed by atoms with E-state index in [-0.39, 0.29) is 6.04 Å². The van der Waals surface area contributed by atoms with Crippen molar-refractivity contribution < 1.29 is 4.74 Å². The van der Waals surface area contributed by atoms with Crippen LogP contribution in [0.1, 0.15) is 64.2 Å². The van der Waals surface area contributed by atoms with Crippen molar-refractivity contribution in [3.63, 3.8) is 0 Å². The number of nitrogens with two attached hydrogens (primary N) is 1. The van der Waals surface area contributed by atoms with Crippen molar-refractivity contribution in [3.05, 3.63) is 11.9 Å². The van der Waals surface area contributed by atoms with Gasteiger partial charge in [0.15, 0.2) is 5.75 Å². The van der Waals surface area contributed by atoms with E-state index in [0.29, 0.717) is 6.04 Å². The Hall–Kier alpha value is -1.03. The number of ether oxygens (including phenoxy) is 1. The number of methoxy groups -OCH3 is 1. The van der Waals surface area contributed by atoms with E-state index in [1.165, 1.54) is 12.8 Å². The summed E-state index contributed by atoms with van der Waals surface area (Å²) in [5.74, 6) is 0.808. The second-order valence-electron chi connectivity index (χ2n) is 4.74. The fraction of sp³-hybridized carbons (Fsp3) is 0.769. The van der Waals surface area contributed by atoms with E-state index in [2.05, 4.69) is 25.9 Å². The third kappa shape index (κ3) is 3.46. The Morgan fingerprint density at radius 2 is 2.12 bits per heavy atom. The third-order valence-electron chi connectivity index (χ3n) is 2.98. The highest BCUT2D eigenvalue weighted by Crippen LogP contribution is 2.28. The van der Waals surface area contributed by atoms with Crippen molar-refractivity contribution in [2.24, 2.45) is 5.73 Å². The maximum absolute atomic E-state index is 6.25. The van der Waals surface area contributed by atoms with Crippen LogP contribution in [0.25, 0.3) is 0 Å². The van der Waals surface area contributed by atoms with Crippen molar-refractivity contribution in [2.75, 3.05) is 7.11 Å². The van der Waals surface area contributed by atoms with Crippen molar-refractivity contribution in [1.82, 2.24) is 9.78 Å². The van der Waals surface area contributed by atoms with Gasteiger partial charge in [0.25, 0.3) is 0 Å². The first-order valence-electron chi connectivity index (χ1n) is 6.48. The predicted molar refractivity (Wildman–Crippen MR) is 70.2 cm³/mol. The Morgan fingerprint density at radius 1 is 1.41 bits per heavy atom. The SMILES string of the molecule is CCCCCC(N)c1c(OC)cnn1C(C)C. The fourth-order valence-electron chi connectivity index (χ4n) is 2.03. The molecule has 0 aliphatic carbocycles. The van der Waals surface area contributed by atoms with E-state index in [1.54, 1.807) is 13.3 Å². The molecule has 0 aromatic carbocycles. The summed E-state index contributed by atoms with van der Waals surface area (Å²) in [5, 5.41) is 4.35. The second-order valence-corrected chi connectivity index (χ2v) is 4.74. The largest absolute Gasteiger partial charge is 0.493 e. The number of unbranched alkanes of at least 4 members (excludes halogenated alkanes) is 2. The zero-order valence-electron chi connectivity index (χ0n) is 11.4. The summed E-state index contributed by atoms with van der Waals surface area (Å²) in [4.78, 5) is 0. The molecule has 0 spiro atoms. The van der Waals surface area contributed by atoms with E-state index in [1.807, 2.05) is 4.68 Å². The fourth-order valence-corrected chi connectivity index (χ4v) is 2.03. The zero-order chi connectivity index (χ0) is 12.8. The summed E-state index contributed by atoms with van der Waals surface area (Å²) in [5.41, 5.74) is 7.28. The highest BCUT2D eigenvalue weighted by molar-refractivity contribution is 5.28. The van der Waals surface area contributed by atoms with Crippen LogP contribution >= 0.6 is 0 Å². The Morgan fingerprint density at radius 3 is 2.65 bits per heavy atom. The monoisotopic (exact) mass is 239 g/mol. The van der Waals surface area contributed by atoms with Crippen LogP contribution in [0.4, 0.5) is 0 Å². The number of rotatable bonds is 7. The lowest BCUT2D eigenvalue weighted by Crippen LogP contribution is -2.18. The van der Waals surface area contributed by atoms with Gasteiger partial charge in [0, 0.05) is 6.04 Å². The lowest BCUT2D eigenvalue weighted by Gasteiger charge is -2.17. The highest BCUT2D eigenvalue weighted by Gasteiger charge is 2.19. The van der Waals surface area contributed by atoms with E-state index in [9.17, 15) is 0 Å². The van der Waals surface area contributed by atoms with Gasteiger partial charge in [0.2, 0.25) is 0 Å². The molecule has 0 aliphatic rings. The first kappa shape index (κ1) is 14.0. The molecule has 0 radical (unpaired) electrons. The molecule has 17 heavy (non-hydrogen) atoms. The van der Waals surface area contributed by atoms with E-state index in [0.717, 1.165) is 24.3 Å². The second kappa shape index (κ2) is 6.64. The van der Waals surface area contributed by atoms with Crippen LogP contribution in [0.5, 0.6) is 5.75 Å². The van der Waals surface area contributed by atoms with Gasteiger partial charge >= 0.3 is 0 Å². The van der Waals surface area contributed by atoms with Crippen LogP contribution in [0.15, 0.2) is 6.20 Å². The van der Waals surface area contributed by atoms with Gasteiger partial charge in [-0.3, -0.25) is 4.68 Å². The van der Waals surface area contributed by atoms with Crippen LogP contribution in [0.3, 0.4) is 0 Å². The van der Waals surface area contributed by atoms with E-state index in [4.69, 9.17) is 10.5 Å². The minimum Gasteiger partial charge on any atom is -0.493 e. The van der Waals surface area contributed by atoms with Crippen LogP contribution < -0.4 is 10.5 Å². The summed E-state index contributed by atoms with van der Waals surface area (Å²) < 4.78 is 7.31. The van der Waals surface area contributed by atoms with Crippen molar-refractivity contribution in [3.8, 4) is 5.75 Å². The van der Waals surface area contributed by atoms with Crippen LogP contribution in [-0.4, -0.2) is 16.9 Å². The molecule has 98 valence electrons. The molecule has 0 saturated carbocycles. The molecule has 4 heteroatoms. The number of nitrogens with zero attached hydrogens (tertiary/aromatic N) is 2. The number of hydrogen-bond donors (Lipinski definition) is 1. The molecule has 1 heterocycles. The normalized spacial score (nSPS) is 13.1. The van der Waals surface area contributed by atoms with Crippen LogP contribution in [-0.2, 0) is 0 Å². The van der Waals surface area contributed by atoms with Crippen molar-refractivity contribution in [2.45, 2.75) is 58.5 Å². The molecule has 2 N–H and O–H groups in total. The molecule has 1 rings (SSSR count). The van der Waals surface area contributed by atoms with Crippen LogP contribution in [0.2, 0.25) is 0 Å². The standard InChI is InChI=1S/C13H25N3O/c1-5-6-7-8-11(14)13-12(17-4)9-15-16(13)10(2)3/h9-11H,5-8,14H2,1-4H3. The minimum atomic E-state index is 0.0152. The Labute approximate surface area is 104 Å². The zero-order valence-corrected chi connectivity index (χ0v) is 11.4. The molecule has 0 bridgehead atoms. The molecule has 1 aromatic heterocycles. The lowest BCUT2D eigenvalue weighted by molar-refractivity contribution is 0.392. The molecule has 0 saturated heterocycles. The van der Waals surface area contributed by atoms with Gasteiger partial charge in [0.1, 0.15) is 0 Å². The summed E-state index contributed by atoms with van der Waals surface area (Å²) in [6, 6.07) is 0.326. The highest BCUT2D eigenvalue weighted by atomic mass is 16.5. The first-order chi connectivity index (χ1) is 8.11. The molecule has 0 aliphatic heterocycles. The molecule has 1 atom stereocenters. The van der Waals surface area contributed by atoms with Gasteiger partial charge in [-0.25, -0.2) is 0 Å². The Kier molecular flexibility index (Phi) is 5.48. The van der Waals surface area contributed by atoms with Gasteiger partial charge in [0.05, 0.1) is 25.0 Å². The summed E-state index contributed by atoms with van der Waals surface area (Å²) in [7, 11) is 1.67.